The van der Waals surface area contributed by atoms with E-state index in [4.69, 9.17) is 0 Å². The molecule has 106 valence electrons. The molecule has 19 heavy (non-hydrogen) atoms. The maximum absolute atomic E-state index is 12.7. The fourth-order valence-corrected chi connectivity index (χ4v) is 1.34. The number of halogens is 6. The molecule has 0 bridgehead atoms. The van der Waals surface area contributed by atoms with Crippen molar-refractivity contribution < 1.29 is 35.9 Å². The fourth-order valence-electron chi connectivity index (χ4n) is 1.34. The number of nitrogens with zero attached hydrogens (tertiary/aromatic N) is 1. The standard InChI is InChI=1S/C10H7F6NO2/c1-2-19-8(18)7-6(10(14,15)16)5(3-4-17-7)9(11,12)13/h3-4H,2H2,1H3. The molecule has 0 saturated carbocycles. The van der Waals surface area contributed by atoms with Gasteiger partial charge in [-0.2, -0.15) is 26.3 Å². The molecule has 0 aliphatic heterocycles. The third-order valence-electron chi connectivity index (χ3n) is 2.01. The van der Waals surface area contributed by atoms with E-state index in [0.717, 1.165) is 0 Å². The van der Waals surface area contributed by atoms with Crippen LogP contribution in [0.1, 0.15) is 28.5 Å². The second kappa shape index (κ2) is 5.06. The summed E-state index contributed by atoms with van der Waals surface area (Å²) in [5.41, 5.74) is -5.51. The van der Waals surface area contributed by atoms with Gasteiger partial charge in [0.1, 0.15) is 5.56 Å². The van der Waals surface area contributed by atoms with Gasteiger partial charge < -0.3 is 4.74 Å². The van der Waals surface area contributed by atoms with Crippen LogP contribution >= 0.6 is 0 Å². The van der Waals surface area contributed by atoms with Gasteiger partial charge in [-0.25, -0.2) is 9.78 Å². The molecule has 0 aliphatic rings. The number of aromatic nitrogens is 1. The van der Waals surface area contributed by atoms with Crippen molar-refractivity contribution in [3.05, 3.63) is 29.1 Å². The molecule has 0 amide bonds. The minimum Gasteiger partial charge on any atom is -0.461 e. The third kappa shape index (κ3) is 3.36. The first kappa shape index (κ1) is 15.3. The Labute approximate surface area is 103 Å². The average Bonchev–Trinajstić information content (AvgIpc) is 2.26. The zero-order valence-corrected chi connectivity index (χ0v) is 9.39. The second-order valence-electron chi connectivity index (χ2n) is 3.30. The molecular formula is C10H7F6NO2. The van der Waals surface area contributed by atoms with Crippen molar-refractivity contribution in [1.29, 1.82) is 0 Å². The van der Waals surface area contributed by atoms with Crippen LogP contribution in [0.25, 0.3) is 0 Å². The second-order valence-corrected chi connectivity index (χ2v) is 3.30. The Morgan fingerprint density at radius 3 is 2.21 bits per heavy atom. The van der Waals surface area contributed by atoms with Crippen LogP contribution < -0.4 is 0 Å². The van der Waals surface area contributed by atoms with E-state index in [9.17, 15) is 31.1 Å². The van der Waals surface area contributed by atoms with E-state index in [0.29, 0.717) is 6.20 Å². The molecule has 0 spiro atoms. The van der Waals surface area contributed by atoms with Crippen molar-refractivity contribution in [3.8, 4) is 0 Å². The zero-order chi connectivity index (χ0) is 14.8. The van der Waals surface area contributed by atoms with Crippen LogP contribution in [0.3, 0.4) is 0 Å². The quantitative estimate of drug-likeness (QED) is 0.619. The highest BCUT2D eigenvalue weighted by atomic mass is 19.4. The highest BCUT2D eigenvalue weighted by molar-refractivity contribution is 5.89. The van der Waals surface area contributed by atoms with Gasteiger partial charge >= 0.3 is 18.3 Å². The summed E-state index contributed by atoms with van der Waals surface area (Å²) in [6.45, 7) is 1.02. The molecule has 0 aliphatic carbocycles. The van der Waals surface area contributed by atoms with Gasteiger partial charge in [-0.1, -0.05) is 0 Å². The van der Waals surface area contributed by atoms with E-state index in [2.05, 4.69) is 9.72 Å². The Kier molecular flexibility index (Phi) is 4.06. The molecule has 1 aromatic rings. The Morgan fingerprint density at radius 1 is 1.21 bits per heavy atom. The molecule has 0 fully saturated rings. The Bertz CT molecular complexity index is 480. The Balaban J connectivity index is 3.53. The predicted octanol–water partition coefficient (Wildman–Crippen LogP) is 3.30. The third-order valence-corrected chi connectivity index (χ3v) is 2.01. The SMILES string of the molecule is CCOC(=O)c1nccc(C(F)(F)F)c1C(F)(F)F. The molecule has 0 N–H and O–H groups in total. The molecule has 1 aromatic heterocycles. The van der Waals surface area contributed by atoms with Gasteiger partial charge in [0.25, 0.3) is 0 Å². The van der Waals surface area contributed by atoms with Crippen molar-refractivity contribution in [2.45, 2.75) is 19.3 Å². The summed E-state index contributed by atoms with van der Waals surface area (Å²) >= 11 is 0. The van der Waals surface area contributed by atoms with E-state index >= 15 is 0 Å². The molecule has 0 unspecified atom stereocenters. The first-order valence-corrected chi connectivity index (χ1v) is 4.89. The number of esters is 1. The van der Waals surface area contributed by atoms with Gasteiger partial charge in [0.05, 0.1) is 12.2 Å². The van der Waals surface area contributed by atoms with Gasteiger partial charge in [-0.05, 0) is 13.0 Å². The van der Waals surface area contributed by atoms with Crippen LogP contribution in [0.2, 0.25) is 0 Å². The van der Waals surface area contributed by atoms with Gasteiger partial charge in [0.15, 0.2) is 5.69 Å². The number of ether oxygens (including phenoxy) is 1. The van der Waals surface area contributed by atoms with E-state index in [1.165, 1.54) is 6.92 Å². The first-order valence-electron chi connectivity index (χ1n) is 4.89. The largest absolute Gasteiger partial charge is 0.461 e. The van der Waals surface area contributed by atoms with Gasteiger partial charge in [-0.15, -0.1) is 0 Å². The van der Waals surface area contributed by atoms with Crippen molar-refractivity contribution in [1.82, 2.24) is 4.98 Å². The highest BCUT2D eigenvalue weighted by Gasteiger charge is 2.46. The molecular weight excluding hydrogens is 280 g/mol. The summed E-state index contributed by atoms with van der Waals surface area (Å²) in [5, 5.41) is 0. The number of alkyl halides is 6. The number of hydrogen-bond donors (Lipinski definition) is 0. The van der Waals surface area contributed by atoms with E-state index < -0.39 is 35.1 Å². The van der Waals surface area contributed by atoms with E-state index in [1.807, 2.05) is 0 Å². The number of hydrogen-bond acceptors (Lipinski definition) is 3. The first-order chi connectivity index (χ1) is 8.59. The van der Waals surface area contributed by atoms with E-state index in [1.54, 1.807) is 0 Å². The summed E-state index contributed by atoms with van der Waals surface area (Å²) in [6.07, 6.45) is -10.2. The minimum absolute atomic E-state index is 0.158. The topological polar surface area (TPSA) is 39.2 Å². The average molecular weight is 287 g/mol. The molecule has 0 aromatic carbocycles. The van der Waals surface area contributed by atoms with Crippen molar-refractivity contribution in [2.75, 3.05) is 6.61 Å². The number of rotatable bonds is 2. The molecule has 0 radical (unpaired) electrons. The molecule has 9 heteroatoms. The Hall–Kier alpha value is -1.80. The lowest BCUT2D eigenvalue weighted by Crippen LogP contribution is -2.23. The lowest BCUT2D eigenvalue weighted by molar-refractivity contribution is -0.162. The maximum Gasteiger partial charge on any atom is 0.419 e. The molecule has 0 saturated heterocycles. The van der Waals surface area contributed by atoms with Crippen LogP contribution in [-0.2, 0) is 17.1 Å². The zero-order valence-electron chi connectivity index (χ0n) is 9.39. The summed E-state index contributed by atoms with van der Waals surface area (Å²) in [5.74, 6) is -1.55. The van der Waals surface area contributed by atoms with Crippen LogP contribution in [-0.4, -0.2) is 17.6 Å². The molecule has 0 atom stereocenters. The summed E-state index contributed by atoms with van der Waals surface area (Å²) in [6, 6.07) is 0.158. The van der Waals surface area contributed by atoms with Crippen molar-refractivity contribution >= 4 is 5.97 Å². The minimum atomic E-state index is -5.37. The van der Waals surface area contributed by atoms with Crippen molar-refractivity contribution in [2.24, 2.45) is 0 Å². The van der Waals surface area contributed by atoms with Crippen molar-refractivity contribution in [3.63, 3.8) is 0 Å². The predicted molar refractivity (Wildman–Crippen MR) is 50.2 cm³/mol. The van der Waals surface area contributed by atoms with Crippen LogP contribution in [0, 0.1) is 0 Å². The summed E-state index contributed by atoms with van der Waals surface area (Å²) in [7, 11) is 0. The lowest BCUT2D eigenvalue weighted by Gasteiger charge is -2.17. The fraction of sp³-hybridized carbons (Fsp3) is 0.400. The van der Waals surface area contributed by atoms with Gasteiger partial charge in [-0.3, -0.25) is 0 Å². The molecule has 1 heterocycles. The lowest BCUT2D eigenvalue weighted by atomic mass is 10.1. The molecule has 1 rings (SSSR count). The van der Waals surface area contributed by atoms with Crippen LogP contribution in [0.4, 0.5) is 26.3 Å². The highest BCUT2D eigenvalue weighted by Crippen LogP contribution is 2.41. The summed E-state index contributed by atoms with van der Waals surface area (Å²) in [4.78, 5) is 14.3. The number of carbonyl (C=O) groups excluding carboxylic acids is 1. The van der Waals surface area contributed by atoms with Crippen LogP contribution in [0.15, 0.2) is 12.3 Å². The Morgan fingerprint density at radius 2 is 1.79 bits per heavy atom. The van der Waals surface area contributed by atoms with Gasteiger partial charge in [0, 0.05) is 6.20 Å². The number of pyridine rings is 1. The van der Waals surface area contributed by atoms with E-state index in [-0.39, 0.29) is 12.7 Å². The monoisotopic (exact) mass is 287 g/mol. The van der Waals surface area contributed by atoms with Gasteiger partial charge in [0.2, 0.25) is 0 Å². The smallest absolute Gasteiger partial charge is 0.419 e. The number of carbonyl (C=O) groups is 1. The van der Waals surface area contributed by atoms with Crippen LogP contribution in [0.5, 0.6) is 0 Å². The molecule has 3 nitrogen and oxygen atoms in total. The normalized spacial score (nSPS) is 12.4. The summed E-state index contributed by atoms with van der Waals surface area (Å²) < 4.78 is 79.9. The maximum atomic E-state index is 12.7.